The minimum absolute atomic E-state index is 0.0757. The molecular weight excluding hydrogens is 460 g/mol. The summed E-state index contributed by atoms with van der Waals surface area (Å²) < 4.78 is 5.43. The predicted molar refractivity (Wildman–Crippen MR) is 134 cm³/mol. The van der Waals surface area contributed by atoms with E-state index in [-0.39, 0.29) is 48.2 Å². The van der Waals surface area contributed by atoms with Gasteiger partial charge in [-0.2, -0.15) is 0 Å². The number of allylic oxidation sites excluding steroid dienone is 1. The summed E-state index contributed by atoms with van der Waals surface area (Å²) in [4.78, 5) is 48.6. The lowest BCUT2D eigenvalue weighted by molar-refractivity contribution is -0.139. The Bertz CT molecular complexity index is 1160. The number of fused-ring (bicyclic) bond motifs is 3. The van der Waals surface area contributed by atoms with Crippen molar-refractivity contribution in [3.8, 4) is 11.1 Å². The van der Waals surface area contributed by atoms with E-state index >= 15 is 0 Å². The number of hydrogen-bond donors (Lipinski definition) is 3. The largest absolute Gasteiger partial charge is 0.480 e. The first-order chi connectivity index (χ1) is 17.2. The number of carbonyl (C=O) groups is 4. The lowest BCUT2D eigenvalue weighted by Gasteiger charge is -2.28. The van der Waals surface area contributed by atoms with E-state index in [0.29, 0.717) is 12.8 Å². The van der Waals surface area contributed by atoms with Crippen molar-refractivity contribution < 1.29 is 29.0 Å². The molecule has 36 heavy (non-hydrogen) atoms. The molecule has 0 aliphatic heterocycles. The number of Topliss-reactive ketones (excluding diaryl/α,β-unsaturated/α-hetero) is 2. The molecule has 0 bridgehead atoms. The molecule has 2 aliphatic carbocycles. The molecule has 1 fully saturated rings. The number of ketones is 2. The maximum atomic E-state index is 12.4. The summed E-state index contributed by atoms with van der Waals surface area (Å²) in [6.45, 7) is 3.86. The standard InChI is InChI=1S/C28H30N2O6/c1-28(2)13-24(31)21(25(32)14-28)11-12-29-15-23(26(33)34)30-27(35)36-16-22-19-9-5-3-7-17(19)18-8-4-6-10-20(18)22/h3-11,22-23,29H,12-16H2,1-2H3,(H,30,35)(H,33,34). The highest BCUT2D eigenvalue weighted by molar-refractivity contribution is 6.22. The molecule has 2 aromatic carbocycles. The molecule has 2 aliphatic rings. The number of alkyl carbamates (subject to hydrolysis) is 1. The Hall–Kier alpha value is -3.78. The van der Waals surface area contributed by atoms with Gasteiger partial charge in [-0.3, -0.25) is 9.59 Å². The fourth-order valence-electron chi connectivity index (χ4n) is 4.89. The number of amides is 1. The highest BCUT2D eigenvalue weighted by atomic mass is 16.5. The van der Waals surface area contributed by atoms with E-state index < -0.39 is 18.1 Å². The molecule has 8 heteroatoms. The molecule has 0 aromatic heterocycles. The highest BCUT2D eigenvalue weighted by Crippen LogP contribution is 2.44. The summed E-state index contributed by atoms with van der Waals surface area (Å²) in [5, 5.41) is 14.8. The molecule has 2 aromatic rings. The lowest BCUT2D eigenvalue weighted by Crippen LogP contribution is -2.47. The molecule has 0 radical (unpaired) electrons. The number of carboxylic acid groups (broad SMARTS) is 1. The van der Waals surface area contributed by atoms with Gasteiger partial charge in [0.2, 0.25) is 0 Å². The zero-order valence-corrected chi connectivity index (χ0v) is 20.4. The van der Waals surface area contributed by atoms with E-state index in [9.17, 15) is 24.3 Å². The number of carboxylic acids is 1. The van der Waals surface area contributed by atoms with Crippen LogP contribution in [0.2, 0.25) is 0 Å². The van der Waals surface area contributed by atoms with Crippen LogP contribution < -0.4 is 10.6 Å². The third-order valence-corrected chi connectivity index (χ3v) is 6.61. The average Bonchev–Trinajstić information content (AvgIpc) is 3.14. The Kier molecular flexibility index (Phi) is 7.35. The van der Waals surface area contributed by atoms with Crippen molar-refractivity contribution in [2.75, 3.05) is 19.7 Å². The second-order valence-corrected chi connectivity index (χ2v) is 10.0. The van der Waals surface area contributed by atoms with Crippen LogP contribution in [0.4, 0.5) is 4.79 Å². The molecule has 0 heterocycles. The van der Waals surface area contributed by atoms with Gasteiger partial charge in [0.05, 0.1) is 5.57 Å². The van der Waals surface area contributed by atoms with Gasteiger partial charge in [-0.1, -0.05) is 68.5 Å². The molecule has 0 spiro atoms. The highest BCUT2D eigenvalue weighted by Gasteiger charge is 2.35. The van der Waals surface area contributed by atoms with Gasteiger partial charge in [0.15, 0.2) is 11.6 Å². The van der Waals surface area contributed by atoms with E-state index in [1.807, 2.05) is 62.4 Å². The van der Waals surface area contributed by atoms with E-state index in [2.05, 4.69) is 10.6 Å². The first-order valence-electron chi connectivity index (χ1n) is 12.0. The number of rotatable bonds is 8. The molecule has 1 unspecified atom stereocenters. The zero-order valence-electron chi connectivity index (χ0n) is 20.4. The fraction of sp³-hybridized carbons (Fsp3) is 0.357. The maximum Gasteiger partial charge on any atom is 0.407 e. The third kappa shape index (κ3) is 5.54. The SMILES string of the molecule is CC1(C)CC(=O)C(=CCNCC(NC(=O)OCC2c3ccccc3-c3ccccc32)C(=O)O)C(=O)C1. The average molecular weight is 491 g/mol. The Labute approximate surface area is 209 Å². The monoisotopic (exact) mass is 490 g/mol. The van der Waals surface area contributed by atoms with Gasteiger partial charge in [0.25, 0.3) is 0 Å². The molecule has 8 nitrogen and oxygen atoms in total. The maximum absolute atomic E-state index is 12.4. The molecule has 0 saturated heterocycles. The van der Waals surface area contributed by atoms with Crippen molar-refractivity contribution in [3.05, 3.63) is 71.3 Å². The van der Waals surface area contributed by atoms with Gasteiger partial charge in [0, 0.05) is 31.8 Å². The molecular formula is C28H30N2O6. The summed E-state index contributed by atoms with van der Waals surface area (Å²) in [5.74, 6) is -1.77. The number of benzene rings is 2. The second-order valence-electron chi connectivity index (χ2n) is 10.0. The molecule has 3 N–H and O–H groups in total. The molecule has 1 amide bonds. The molecule has 1 saturated carbocycles. The molecule has 1 atom stereocenters. The summed E-state index contributed by atoms with van der Waals surface area (Å²) in [6, 6.07) is 14.6. The fourth-order valence-corrected chi connectivity index (χ4v) is 4.89. The number of carbonyl (C=O) groups excluding carboxylic acids is 3. The van der Waals surface area contributed by atoms with Crippen LogP contribution in [0.25, 0.3) is 11.1 Å². The van der Waals surface area contributed by atoms with Crippen molar-refractivity contribution in [1.82, 2.24) is 10.6 Å². The van der Waals surface area contributed by atoms with Crippen LogP contribution in [-0.2, 0) is 19.1 Å². The van der Waals surface area contributed by atoms with Gasteiger partial charge in [-0.15, -0.1) is 0 Å². The summed E-state index contributed by atoms with van der Waals surface area (Å²) in [6.07, 6.45) is 1.26. The van der Waals surface area contributed by atoms with Crippen LogP contribution in [-0.4, -0.2) is 54.5 Å². The van der Waals surface area contributed by atoms with Gasteiger partial charge < -0.3 is 20.5 Å². The Morgan fingerprint density at radius 1 is 1.03 bits per heavy atom. The summed E-state index contributed by atoms with van der Waals surface area (Å²) in [7, 11) is 0. The van der Waals surface area contributed by atoms with E-state index in [1.165, 1.54) is 6.08 Å². The Morgan fingerprint density at radius 2 is 1.58 bits per heavy atom. The van der Waals surface area contributed by atoms with Crippen LogP contribution >= 0.6 is 0 Å². The first kappa shape index (κ1) is 25.3. The number of ether oxygens (including phenoxy) is 1. The number of hydrogen-bond acceptors (Lipinski definition) is 6. The van der Waals surface area contributed by atoms with Crippen molar-refractivity contribution in [2.45, 2.75) is 38.6 Å². The first-order valence-corrected chi connectivity index (χ1v) is 12.0. The number of aliphatic carboxylic acids is 1. The van der Waals surface area contributed by atoms with Crippen molar-refractivity contribution in [3.63, 3.8) is 0 Å². The second kappa shape index (κ2) is 10.5. The van der Waals surface area contributed by atoms with E-state index in [4.69, 9.17) is 4.74 Å². The van der Waals surface area contributed by atoms with Crippen LogP contribution in [0.3, 0.4) is 0 Å². The van der Waals surface area contributed by atoms with Crippen LogP contribution in [0, 0.1) is 5.41 Å². The minimum atomic E-state index is -1.24. The number of nitrogens with one attached hydrogen (secondary N) is 2. The molecule has 4 rings (SSSR count). The van der Waals surface area contributed by atoms with Crippen molar-refractivity contribution in [2.24, 2.45) is 5.41 Å². The van der Waals surface area contributed by atoms with Crippen LogP contribution in [0.15, 0.2) is 60.2 Å². The van der Waals surface area contributed by atoms with Crippen LogP contribution in [0.5, 0.6) is 0 Å². The van der Waals surface area contributed by atoms with Crippen molar-refractivity contribution in [1.29, 1.82) is 0 Å². The van der Waals surface area contributed by atoms with Crippen LogP contribution in [0.1, 0.15) is 43.7 Å². The predicted octanol–water partition coefficient (Wildman–Crippen LogP) is 3.45. The smallest absolute Gasteiger partial charge is 0.407 e. The molecule has 188 valence electrons. The lowest BCUT2D eigenvalue weighted by atomic mass is 9.74. The van der Waals surface area contributed by atoms with Gasteiger partial charge in [0.1, 0.15) is 12.6 Å². The summed E-state index contributed by atoms with van der Waals surface area (Å²) >= 11 is 0. The Morgan fingerprint density at radius 3 is 2.14 bits per heavy atom. The third-order valence-electron chi connectivity index (χ3n) is 6.61. The quantitative estimate of drug-likeness (QED) is 0.294. The van der Waals surface area contributed by atoms with Gasteiger partial charge in [-0.25, -0.2) is 9.59 Å². The normalized spacial score (nSPS) is 17.2. The minimum Gasteiger partial charge on any atom is -0.480 e. The van der Waals surface area contributed by atoms with Crippen molar-refractivity contribution >= 4 is 23.6 Å². The van der Waals surface area contributed by atoms with E-state index in [1.54, 1.807) is 0 Å². The van der Waals surface area contributed by atoms with E-state index in [0.717, 1.165) is 22.3 Å². The van der Waals surface area contributed by atoms with Gasteiger partial charge in [-0.05, 0) is 27.7 Å². The summed E-state index contributed by atoms with van der Waals surface area (Å²) in [5.41, 5.74) is 4.13. The Balaban J connectivity index is 1.30. The zero-order chi connectivity index (χ0) is 25.9. The topological polar surface area (TPSA) is 122 Å². The van der Waals surface area contributed by atoms with Gasteiger partial charge >= 0.3 is 12.1 Å².